The number of carbonyl (C=O) groups is 1. The molecule has 0 N–H and O–H groups in total. The third-order valence-electron chi connectivity index (χ3n) is 4.42. The summed E-state index contributed by atoms with van der Waals surface area (Å²) in [5.41, 5.74) is 3.70. The highest BCUT2D eigenvalue weighted by molar-refractivity contribution is 14.1. The fraction of sp³-hybridized carbons (Fsp3) is 0.316. The summed E-state index contributed by atoms with van der Waals surface area (Å²) in [6, 6.07) is 10.1. The molecule has 0 aliphatic rings. The molecule has 0 fully saturated rings. The predicted molar refractivity (Wildman–Crippen MR) is 110 cm³/mol. The molecule has 0 saturated carbocycles. The molecule has 0 aliphatic heterocycles. The number of amides is 1. The molecule has 2 aromatic heterocycles. The summed E-state index contributed by atoms with van der Waals surface area (Å²) in [5.74, 6) is -0.0671. The van der Waals surface area contributed by atoms with E-state index in [-0.39, 0.29) is 5.91 Å². The smallest absolute Gasteiger partial charge is 0.277 e. The molecule has 2 heterocycles. The molecule has 1 aromatic carbocycles. The second-order valence-corrected chi connectivity index (χ2v) is 7.18. The van der Waals surface area contributed by atoms with Gasteiger partial charge in [-0.25, -0.2) is 0 Å². The maximum atomic E-state index is 13.4. The van der Waals surface area contributed by atoms with Gasteiger partial charge in [0.15, 0.2) is 0 Å². The Morgan fingerprint density at radius 3 is 2.46 bits per heavy atom. The number of benzene rings is 1. The number of hydrogen-bond donors (Lipinski definition) is 0. The molecule has 3 aromatic rings. The Morgan fingerprint density at radius 2 is 1.88 bits per heavy atom. The molecule has 0 bridgehead atoms. The number of halogens is 1. The van der Waals surface area contributed by atoms with Gasteiger partial charge in [-0.05, 0) is 59.7 Å². The monoisotopic (exact) mass is 463 g/mol. The normalized spacial score (nSPS) is 10.9. The van der Waals surface area contributed by atoms with Crippen molar-refractivity contribution in [1.82, 2.24) is 19.6 Å². The lowest BCUT2D eigenvalue weighted by atomic mass is 10.1. The fourth-order valence-electron chi connectivity index (χ4n) is 2.91. The highest BCUT2D eigenvalue weighted by Gasteiger charge is 2.24. The number of anilines is 1. The van der Waals surface area contributed by atoms with Crippen LogP contribution in [0.5, 0.6) is 0 Å². The van der Waals surface area contributed by atoms with Crippen LogP contribution in [-0.4, -0.2) is 25.5 Å². The molecule has 136 valence electrons. The van der Waals surface area contributed by atoms with Crippen molar-refractivity contribution >= 4 is 34.2 Å². The topological polar surface area (TPSA) is 56.0 Å². The zero-order valence-electron chi connectivity index (χ0n) is 15.2. The average Bonchev–Trinajstić information content (AvgIpc) is 3.25. The third kappa shape index (κ3) is 3.67. The standard InChI is InChI=1S/C19H22IN5O/c1-4-14-6-8-15(9-7-14)24(13-16-10-11-21-25(16)5-2)19(26)18-17(20)12-22-23(18)3/h6-12H,4-5,13H2,1-3H3. The summed E-state index contributed by atoms with van der Waals surface area (Å²) in [7, 11) is 1.80. The maximum Gasteiger partial charge on any atom is 0.277 e. The Morgan fingerprint density at radius 1 is 1.15 bits per heavy atom. The van der Waals surface area contributed by atoms with Gasteiger partial charge in [0.2, 0.25) is 0 Å². The second-order valence-electron chi connectivity index (χ2n) is 6.01. The molecule has 0 saturated heterocycles. The van der Waals surface area contributed by atoms with E-state index in [1.165, 1.54) is 5.56 Å². The van der Waals surface area contributed by atoms with Crippen LogP contribution in [-0.2, 0) is 26.6 Å². The van der Waals surface area contributed by atoms with Crippen molar-refractivity contribution in [2.45, 2.75) is 33.4 Å². The van der Waals surface area contributed by atoms with Crippen LogP contribution in [0.4, 0.5) is 5.69 Å². The first-order valence-corrected chi connectivity index (χ1v) is 9.72. The summed E-state index contributed by atoms with van der Waals surface area (Å²) >= 11 is 2.16. The number of carbonyl (C=O) groups excluding carboxylic acids is 1. The Bertz CT molecular complexity index is 878. The summed E-state index contributed by atoms with van der Waals surface area (Å²) in [6.07, 6.45) is 4.45. The zero-order chi connectivity index (χ0) is 18.7. The quantitative estimate of drug-likeness (QED) is 0.525. The van der Waals surface area contributed by atoms with Crippen LogP contribution in [0.2, 0.25) is 0 Å². The Labute approximate surface area is 166 Å². The number of aromatic nitrogens is 4. The van der Waals surface area contributed by atoms with Gasteiger partial charge in [0.05, 0.1) is 22.0 Å². The molecule has 1 amide bonds. The van der Waals surface area contributed by atoms with Crippen molar-refractivity contribution in [2.24, 2.45) is 7.05 Å². The highest BCUT2D eigenvalue weighted by Crippen LogP contribution is 2.23. The SMILES string of the molecule is CCc1ccc(N(Cc2ccnn2CC)C(=O)c2c(I)cnn2C)cc1. The van der Waals surface area contributed by atoms with Crippen molar-refractivity contribution in [2.75, 3.05) is 4.90 Å². The van der Waals surface area contributed by atoms with Crippen molar-refractivity contribution in [1.29, 1.82) is 0 Å². The molecule has 3 rings (SSSR count). The first-order chi connectivity index (χ1) is 12.5. The van der Waals surface area contributed by atoms with E-state index >= 15 is 0 Å². The van der Waals surface area contributed by atoms with E-state index in [0.29, 0.717) is 12.2 Å². The minimum absolute atomic E-state index is 0.0671. The van der Waals surface area contributed by atoms with Crippen LogP contribution < -0.4 is 4.90 Å². The number of hydrogen-bond acceptors (Lipinski definition) is 3. The molecule has 7 heteroatoms. The van der Waals surface area contributed by atoms with Crippen LogP contribution in [0, 0.1) is 3.57 Å². The molecule has 0 unspecified atom stereocenters. The first-order valence-electron chi connectivity index (χ1n) is 8.64. The molecule has 0 spiro atoms. The highest BCUT2D eigenvalue weighted by atomic mass is 127. The van der Waals surface area contributed by atoms with Gasteiger partial charge in [-0.3, -0.25) is 14.2 Å². The first kappa shape index (κ1) is 18.6. The van der Waals surface area contributed by atoms with Crippen molar-refractivity contribution in [3.05, 3.63) is 63.2 Å². The van der Waals surface area contributed by atoms with Gasteiger partial charge in [0.1, 0.15) is 5.69 Å². The largest absolute Gasteiger partial charge is 0.301 e. The predicted octanol–water partition coefficient (Wildman–Crippen LogP) is 3.65. The molecule has 26 heavy (non-hydrogen) atoms. The van der Waals surface area contributed by atoms with E-state index in [4.69, 9.17) is 0 Å². The van der Waals surface area contributed by atoms with Gasteiger partial charge in [-0.15, -0.1) is 0 Å². The van der Waals surface area contributed by atoms with Gasteiger partial charge in [0.25, 0.3) is 5.91 Å². The molecule has 0 aliphatic carbocycles. The molecule has 0 radical (unpaired) electrons. The van der Waals surface area contributed by atoms with E-state index in [9.17, 15) is 4.79 Å². The minimum atomic E-state index is -0.0671. The average molecular weight is 463 g/mol. The van der Waals surface area contributed by atoms with Crippen molar-refractivity contribution in [3.8, 4) is 0 Å². The fourth-order valence-corrected chi connectivity index (χ4v) is 3.62. The summed E-state index contributed by atoms with van der Waals surface area (Å²) in [5, 5.41) is 8.54. The van der Waals surface area contributed by atoms with Gasteiger partial charge in [-0.2, -0.15) is 10.2 Å². The lowest BCUT2D eigenvalue weighted by molar-refractivity contribution is 0.0974. The van der Waals surface area contributed by atoms with Gasteiger partial charge in [0, 0.05) is 25.5 Å². The lowest BCUT2D eigenvalue weighted by Crippen LogP contribution is -2.33. The zero-order valence-corrected chi connectivity index (χ0v) is 17.3. The van der Waals surface area contributed by atoms with Crippen molar-refractivity contribution in [3.63, 3.8) is 0 Å². The van der Waals surface area contributed by atoms with Crippen LogP contribution in [0.25, 0.3) is 0 Å². The molecular weight excluding hydrogens is 441 g/mol. The maximum absolute atomic E-state index is 13.4. The van der Waals surface area contributed by atoms with Crippen LogP contribution in [0.15, 0.2) is 42.7 Å². The van der Waals surface area contributed by atoms with Crippen LogP contribution in [0.1, 0.15) is 35.6 Å². The van der Waals surface area contributed by atoms with E-state index in [1.807, 2.05) is 29.8 Å². The van der Waals surface area contributed by atoms with E-state index in [2.05, 4.69) is 51.8 Å². The summed E-state index contributed by atoms with van der Waals surface area (Å²) in [4.78, 5) is 15.2. The summed E-state index contributed by atoms with van der Waals surface area (Å²) in [6.45, 7) is 5.39. The lowest BCUT2D eigenvalue weighted by Gasteiger charge is -2.24. The summed E-state index contributed by atoms with van der Waals surface area (Å²) < 4.78 is 4.39. The van der Waals surface area contributed by atoms with E-state index < -0.39 is 0 Å². The molecule has 6 nitrogen and oxygen atoms in total. The third-order valence-corrected chi connectivity index (χ3v) is 5.21. The van der Waals surface area contributed by atoms with Crippen molar-refractivity contribution < 1.29 is 4.79 Å². The Kier molecular flexibility index (Phi) is 5.75. The Balaban J connectivity index is 2.01. The minimum Gasteiger partial charge on any atom is -0.301 e. The van der Waals surface area contributed by atoms with Gasteiger partial charge in [-0.1, -0.05) is 19.1 Å². The Hall–Kier alpha value is -2.16. The second kappa shape index (κ2) is 8.03. The van der Waals surface area contributed by atoms with Gasteiger partial charge < -0.3 is 4.90 Å². The molecule has 0 atom stereocenters. The van der Waals surface area contributed by atoms with Gasteiger partial charge >= 0.3 is 0 Å². The molecular formula is C19H22IN5O. The number of rotatable bonds is 6. The van der Waals surface area contributed by atoms with E-state index in [1.54, 1.807) is 29.0 Å². The number of aryl methyl sites for hydroxylation is 3. The van der Waals surface area contributed by atoms with E-state index in [0.717, 1.165) is 27.9 Å². The number of nitrogens with zero attached hydrogens (tertiary/aromatic N) is 5. The van der Waals surface area contributed by atoms with Crippen LogP contribution >= 0.6 is 22.6 Å². The van der Waals surface area contributed by atoms with Crippen LogP contribution in [0.3, 0.4) is 0 Å².